The molecule has 2 aromatic heterocycles. The Morgan fingerprint density at radius 2 is 1.52 bits per heavy atom. The number of aromatic nitrogens is 6. The Balaban J connectivity index is 1.91. The Kier molecular flexibility index (Phi) is 3.98. The van der Waals surface area contributed by atoms with E-state index in [9.17, 15) is 13.2 Å². The lowest BCUT2D eigenvalue weighted by molar-refractivity contribution is -0.142. The highest BCUT2D eigenvalue weighted by Gasteiger charge is 2.40. The fourth-order valence-corrected chi connectivity index (χ4v) is 2.76. The van der Waals surface area contributed by atoms with Crippen molar-refractivity contribution in [2.75, 3.05) is 0 Å². The maximum atomic E-state index is 13.9. The van der Waals surface area contributed by atoms with Crippen molar-refractivity contribution < 1.29 is 13.2 Å². The van der Waals surface area contributed by atoms with Crippen LogP contribution in [-0.4, -0.2) is 30.0 Å². The first-order valence-electron chi connectivity index (χ1n) is 8.01. The van der Waals surface area contributed by atoms with Crippen molar-refractivity contribution in [3.8, 4) is 22.8 Å². The molecule has 0 aliphatic heterocycles. The Hall–Kier alpha value is -3.49. The molecule has 9 heteroatoms. The van der Waals surface area contributed by atoms with Crippen molar-refractivity contribution in [2.24, 2.45) is 0 Å². The van der Waals surface area contributed by atoms with E-state index in [1.54, 1.807) is 42.5 Å². The molecule has 4 aromatic rings. The number of rotatable bonds is 3. The Morgan fingerprint density at radius 1 is 0.852 bits per heavy atom. The minimum atomic E-state index is -4.65. The van der Waals surface area contributed by atoms with Gasteiger partial charge in [0.05, 0.1) is 23.1 Å². The fraction of sp³-hybridized carbons (Fsp3) is 0.111. The molecule has 0 aliphatic rings. The van der Waals surface area contributed by atoms with Crippen molar-refractivity contribution in [1.82, 2.24) is 30.0 Å². The van der Waals surface area contributed by atoms with E-state index in [0.717, 1.165) is 16.4 Å². The van der Waals surface area contributed by atoms with Gasteiger partial charge in [0.25, 0.3) is 0 Å². The molecule has 6 nitrogen and oxygen atoms in total. The lowest BCUT2D eigenvalue weighted by atomic mass is 10.2. The first-order valence-corrected chi connectivity index (χ1v) is 8.01. The Bertz CT molecular complexity index is 1060. The van der Waals surface area contributed by atoms with Crippen LogP contribution in [0, 0.1) is 6.92 Å². The van der Waals surface area contributed by atoms with Gasteiger partial charge in [0.15, 0.2) is 11.5 Å². The zero-order valence-electron chi connectivity index (χ0n) is 14.1. The highest BCUT2D eigenvalue weighted by molar-refractivity contribution is 5.62. The van der Waals surface area contributed by atoms with E-state index >= 15 is 0 Å². The molecule has 0 radical (unpaired) electrons. The van der Waals surface area contributed by atoms with E-state index in [-0.39, 0.29) is 11.4 Å². The molecule has 0 amide bonds. The summed E-state index contributed by atoms with van der Waals surface area (Å²) in [6.45, 7) is 1.91. The lowest BCUT2D eigenvalue weighted by Crippen LogP contribution is -2.15. The van der Waals surface area contributed by atoms with E-state index in [1.807, 2.05) is 19.1 Å². The summed E-state index contributed by atoms with van der Waals surface area (Å²) in [6, 6.07) is 15.3. The molecule has 0 spiro atoms. The fourth-order valence-electron chi connectivity index (χ4n) is 2.76. The molecular weight excluding hydrogens is 357 g/mol. The SMILES string of the molecule is Cc1ccc(-n2nnnc2-c2cnn(-c3ccccc3)c2C(F)(F)F)cc1. The van der Waals surface area contributed by atoms with Crippen molar-refractivity contribution in [1.29, 1.82) is 0 Å². The minimum absolute atomic E-state index is 0.0339. The van der Waals surface area contributed by atoms with Gasteiger partial charge in [-0.1, -0.05) is 35.9 Å². The second kappa shape index (κ2) is 6.35. The molecule has 0 aliphatic carbocycles. The van der Waals surface area contributed by atoms with E-state index in [1.165, 1.54) is 4.68 Å². The van der Waals surface area contributed by atoms with Crippen molar-refractivity contribution in [3.63, 3.8) is 0 Å². The lowest BCUT2D eigenvalue weighted by Gasteiger charge is -2.12. The number of hydrogen-bond acceptors (Lipinski definition) is 4. The van der Waals surface area contributed by atoms with Gasteiger partial charge in [-0.15, -0.1) is 5.10 Å². The molecule has 2 aromatic carbocycles. The number of alkyl halides is 3. The maximum absolute atomic E-state index is 13.9. The summed E-state index contributed by atoms with van der Waals surface area (Å²) in [6.07, 6.45) is -3.52. The highest BCUT2D eigenvalue weighted by atomic mass is 19.4. The predicted octanol–water partition coefficient (Wildman–Crippen LogP) is 3.84. The van der Waals surface area contributed by atoms with Crippen LogP contribution >= 0.6 is 0 Å². The minimum Gasteiger partial charge on any atom is -0.228 e. The number of nitrogens with zero attached hydrogens (tertiary/aromatic N) is 6. The summed E-state index contributed by atoms with van der Waals surface area (Å²) in [7, 11) is 0. The van der Waals surface area contributed by atoms with Gasteiger partial charge in [-0.2, -0.15) is 23.0 Å². The standard InChI is InChI=1S/C18H13F3N6/c1-12-7-9-14(10-8-12)27-17(23-24-25-27)15-11-22-26(16(15)18(19,20)21)13-5-3-2-4-6-13/h2-11H,1H3. The van der Waals surface area contributed by atoms with Gasteiger partial charge in [-0.3, -0.25) is 0 Å². The van der Waals surface area contributed by atoms with Gasteiger partial charge < -0.3 is 0 Å². The molecule has 136 valence electrons. The number of tetrazole rings is 1. The Labute approximate surface area is 151 Å². The second-order valence-corrected chi connectivity index (χ2v) is 5.90. The largest absolute Gasteiger partial charge is 0.434 e. The molecule has 0 atom stereocenters. The van der Waals surface area contributed by atoms with Crippen LogP contribution in [0.4, 0.5) is 13.2 Å². The normalized spacial score (nSPS) is 11.7. The second-order valence-electron chi connectivity index (χ2n) is 5.90. The van der Waals surface area contributed by atoms with E-state index < -0.39 is 11.9 Å². The Morgan fingerprint density at radius 3 is 2.19 bits per heavy atom. The van der Waals surface area contributed by atoms with Crippen LogP contribution in [0.15, 0.2) is 60.8 Å². The molecule has 27 heavy (non-hydrogen) atoms. The number of aryl methyl sites for hydroxylation is 1. The van der Waals surface area contributed by atoms with Crippen LogP contribution in [0.2, 0.25) is 0 Å². The smallest absolute Gasteiger partial charge is 0.228 e. The quantitative estimate of drug-likeness (QED) is 0.550. The van der Waals surface area contributed by atoms with Crippen LogP contribution in [-0.2, 0) is 6.18 Å². The summed E-state index contributed by atoms with van der Waals surface area (Å²) in [5.74, 6) is -0.0339. The van der Waals surface area contributed by atoms with Crippen LogP contribution in [0.1, 0.15) is 11.3 Å². The average Bonchev–Trinajstić information content (AvgIpc) is 3.29. The molecule has 0 saturated carbocycles. The van der Waals surface area contributed by atoms with Crippen molar-refractivity contribution >= 4 is 0 Å². The van der Waals surface area contributed by atoms with E-state index in [4.69, 9.17) is 0 Å². The highest BCUT2D eigenvalue weighted by Crippen LogP contribution is 2.38. The number of hydrogen-bond donors (Lipinski definition) is 0. The van der Waals surface area contributed by atoms with Crippen LogP contribution < -0.4 is 0 Å². The average molecular weight is 370 g/mol. The molecular formula is C18H13F3N6. The molecule has 4 rings (SSSR count). The van der Waals surface area contributed by atoms with Crippen molar-refractivity contribution in [3.05, 3.63) is 72.1 Å². The molecule has 2 heterocycles. The first-order chi connectivity index (χ1) is 12.9. The summed E-state index contributed by atoms with van der Waals surface area (Å²) in [4.78, 5) is 0. The maximum Gasteiger partial charge on any atom is 0.434 e. The molecule has 0 bridgehead atoms. The molecule has 0 N–H and O–H groups in total. The first kappa shape index (κ1) is 17.0. The summed E-state index contributed by atoms with van der Waals surface area (Å²) in [5, 5.41) is 15.2. The van der Waals surface area contributed by atoms with Gasteiger partial charge >= 0.3 is 6.18 Å². The van der Waals surface area contributed by atoms with Gasteiger partial charge in [-0.05, 0) is 41.6 Å². The summed E-state index contributed by atoms with van der Waals surface area (Å²) in [5.41, 5.74) is 0.738. The van der Waals surface area contributed by atoms with Crippen molar-refractivity contribution in [2.45, 2.75) is 13.1 Å². The third kappa shape index (κ3) is 3.07. The third-order valence-electron chi connectivity index (χ3n) is 4.03. The monoisotopic (exact) mass is 370 g/mol. The van der Waals surface area contributed by atoms with Crippen LogP contribution in [0.5, 0.6) is 0 Å². The summed E-state index contributed by atoms with van der Waals surface area (Å²) >= 11 is 0. The van der Waals surface area contributed by atoms with E-state index in [0.29, 0.717) is 11.4 Å². The van der Waals surface area contributed by atoms with E-state index in [2.05, 4.69) is 20.6 Å². The molecule has 0 fully saturated rings. The number of para-hydroxylation sites is 1. The van der Waals surface area contributed by atoms with Crippen LogP contribution in [0.25, 0.3) is 22.8 Å². The third-order valence-corrected chi connectivity index (χ3v) is 4.03. The van der Waals surface area contributed by atoms with Gasteiger partial charge in [0, 0.05) is 0 Å². The van der Waals surface area contributed by atoms with Gasteiger partial charge in [0.1, 0.15) is 0 Å². The zero-order valence-corrected chi connectivity index (χ0v) is 14.1. The molecule has 0 unspecified atom stereocenters. The van der Waals surface area contributed by atoms with Gasteiger partial charge in [0.2, 0.25) is 0 Å². The number of benzene rings is 2. The van der Waals surface area contributed by atoms with Gasteiger partial charge in [-0.25, -0.2) is 4.68 Å². The zero-order chi connectivity index (χ0) is 19.0. The predicted molar refractivity (Wildman–Crippen MR) is 91.5 cm³/mol. The molecule has 0 saturated heterocycles. The summed E-state index contributed by atoms with van der Waals surface area (Å²) < 4.78 is 43.7. The topological polar surface area (TPSA) is 61.4 Å². The van der Waals surface area contributed by atoms with Crippen LogP contribution in [0.3, 0.4) is 0 Å². The number of halogens is 3.